The maximum absolute atomic E-state index is 12.8. The fourth-order valence-electron chi connectivity index (χ4n) is 3.60. The van der Waals surface area contributed by atoms with Crippen molar-refractivity contribution < 1.29 is 13.2 Å². The van der Waals surface area contributed by atoms with E-state index in [0.29, 0.717) is 6.54 Å². The van der Waals surface area contributed by atoms with E-state index in [1.807, 2.05) is 6.92 Å². The molecule has 0 radical (unpaired) electrons. The number of likely N-dealkylation sites (tertiary alicyclic amines) is 1. The number of nitrogens with one attached hydrogen (secondary N) is 1. The van der Waals surface area contributed by atoms with E-state index in [1.165, 1.54) is 7.05 Å². The minimum absolute atomic E-state index is 0. The minimum Gasteiger partial charge on any atom is -0.338 e. The summed E-state index contributed by atoms with van der Waals surface area (Å²) in [5.41, 5.74) is 5.84. The Bertz CT molecular complexity index is 496. The minimum atomic E-state index is -3.30. The molecule has 1 saturated carbocycles. The monoisotopic (exact) mass is 353 g/mol. The fraction of sp³-hybridized carbons (Fsp3) is 0.929. The van der Waals surface area contributed by atoms with Crippen molar-refractivity contribution in [2.75, 3.05) is 19.3 Å². The first-order valence-corrected chi connectivity index (χ1v) is 9.42. The standard InChI is InChI=1S/C14H27N3O3S.ClH/c1-14(15)8-4-3-7-12(14)13(18)17-9-5-6-11(17)10-21(19,20)16-2;/h11-12,16H,3-10,15H2,1-2H3;1H. The molecule has 3 unspecified atom stereocenters. The molecule has 2 aliphatic rings. The topological polar surface area (TPSA) is 92.5 Å². The summed E-state index contributed by atoms with van der Waals surface area (Å²) in [6.07, 6.45) is 5.37. The van der Waals surface area contributed by atoms with Crippen LogP contribution in [0.4, 0.5) is 0 Å². The highest BCUT2D eigenvalue weighted by Gasteiger charge is 2.43. The average molecular weight is 354 g/mol. The lowest BCUT2D eigenvalue weighted by Gasteiger charge is -2.40. The van der Waals surface area contributed by atoms with Crippen molar-refractivity contribution in [1.29, 1.82) is 0 Å². The Morgan fingerprint density at radius 2 is 2.00 bits per heavy atom. The highest BCUT2D eigenvalue weighted by atomic mass is 35.5. The van der Waals surface area contributed by atoms with Gasteiger partial charge in [0.05, 0.1) is 11.7 Å². The number of hydrogen-bond acceptors (Lipinski definition) is 4. The zero-order valence-corrected chi connectivity index (χ0v) is 15.0. The number of hydrogen-bond donors (Lipinski definition) is 2. The molecule has 0 aromatic carbocycles. The zero-order valence-electron chi connectivity index (χ0n) is 13.4. The second kappa shape index (κ2) is 7.47. The molecular formula is C14H28ClN3O3S. The van der Waals surface area contributed by atoms with Gasteiger partial charge in [-0.25, -0.2) is 13.1 Å². The molecular weight excluding hydrogens is 326 g/mol. The first kappa shape index (κ1) is 19.7. The van der Waals surface area contributed by atoms with E-state index < -0.39 is 15.6 Å². The summed E-state index contributed by atoms with van der Waals surface area (Å²) >= 11 is 0. The molecule has 130 valence electrons. The van der Waals surface area contributed by atoms with Crippen LogP contribution in [0, 0.1) is 5.92 Å². The third-order valence-corrected chi connectivity index (χ3v) is 6.38. The molecule has 3 atom stereocenters. The summed E-state index contributed by atoms with van der Waals surface area (Å²) in [6, 6.07) is -0.215. The van der Waals surface area contributed by atoms with Crippen molar-refractivity contribution in [3.63, 3.8) is 0 Å². The highest BCUT2D eigenvalue weighted by Crippen LogP contribution is 2.34. The number of halogens is 1. The summed E-state index contributed by atoms with van der Waals surface area (Å²) in [5, 5.41) is 0. The van der Waals surface area contributed by atoms with Crippen LogP contribution in [-0.2, 0) is 14.8 Å². The van der Waals surface area contributed by atoms with Gasteiger partial charge in [-0.2, -0.15) is 0 Å². The van der Waals surface area contributed by atoms with Gasteiger partial charge in [-0.15, -0.1) is 12.4 Å². The van der Waals surface area contributed by atoms with Gasteiger partial charge in [0.15, 0.2) is 0 Å². The molecule has 8 heteroatoms. The largest absolute Gasteiger partial charge is 0.338 e. The van der Waals surface area contributed by atoms with Gasteiger partial charge in [-0.3, -0.25) is 4.79 Å². The predicted molar refractivity (Wildman–Crippen MR) is 89.4 cm³/mol. The van der Waals surface area contributed by atoms with Crippen LogP contribution in [0.5, 0.6) is 0 Å². The Hall–Kier alpha value is -0.370. The zero-order chi connectivity index (χ0) is 15.7. The van der Waals surface area contributed by atoms with Gasteiger partial charge < -0.3 is 10.6 Å². The van der Waals surface area contributed by atoms with Crippen molar-refractivity contribution in [3.05, 3.63) is 0 Å². The lowest BCUT2D eigenvalue weighted by atomic mass is 9.74. The normalized spacial score (nSPS) is 32.6. The Morgan fingerprint density at radius 1 is 1.32 bits per heavy atom. The third kappa shape index (κ3) is 4.34. The Balaban J connectivity index is 0.00000242. The van der Waals surface area contributed by atoms with E-state index in [9.17, 15) is 13.2 Å². The van der Waals surface area contributed by atoms with E-state index in [-0.39, 0.29) is 36.0 Å². The average Bonchev–Trinajstić information content (AvgIpc) is 2.85. The number of amides is 1. The maximum Gasteiger partial charge on any atom is 0.227 e. The van der Waals surface area contributed by atoms with Crippen LogP contribution >= 0.6 is 12.4 Å². The number of nitrogens with zero attached hydrogens (tertiary/aromatic N) is 1. The summed E-state index contributed by atoms with van der Waals surface area (Å²) in [7, 11) is -1.89. The van der Waals surface area contributed by atoms with Crippen molar-refractivity contribution in [2.24, 2.45) is 11.7 Å². The molecule has 1 aliphatic heterocycles. The molecule has 1 heterocycles. The molecule has 1 amide bonds. The van der Waals surface area contributed by atoms with Crippen LogP contribution in [0.3, 0.4) is 0 Å². The third-order valence-electron chi connectivity index (χ3n) is 4.94. The van der Waals surface area contributed by atoms with Crippen LogP contribution < -0.4 is 10.5 Å². The van der Waals surface area contributed by atoms with E-state index in [0.717, 1.165) is 38.5 Å². The van der Waals surface area contributed by atoms with Crippen molar-refractivity contribution in [1.82, 2.24) is 9.62 Å². The molecule has 3 N–H and O–H groups in total. The molecule has 2 fully saturated rings. The second-order valence-corrected chi connectivity index (χ2v) is 8.59. The summed E-state index contributed by atoms with van der Waals surface area (Å²) in [6.45, 7) is 2.60. The molecule has 0 aromatic heterocycles. The molecule has 22 heavy (non-hydrogen) atoms. The van der Waals surface area contributed by atoms with Gasteiger partial charge in [0, 0.05) is 18.1 Å². The molecule has 0 spiro atoms. The maximum atomic E-state index is 12.8. The molecule has 6 nitrogen and oxygen atoms in total. The number of nitrogens with two attached hydrogens (primary N) is 1. The van der Waals surface area contributed by atoms with Gasteiger partial charge >= 0.3 is 0 Å². The lowest BCUT2D eigenvalue weighted by molar-refractivity contribution is -0.139. The van der Waals surface area contributed by atoms with Gasteiger partial charge in [0.2, 0.25) is 15.9 Å². The SMILES string of the molecule is CNS(=O)(=O)CC1CCCN1C(=O)C1CCCCC1(C)N.Cl. The molecule has 1 aliphatic carbocycles. The molecule has 1 saturated heterocycles. The van der Waals surface area contributed by atoms with Crippen LogP contribution in [0.15, 0.2) is 0 Å². The van der Waals surface area contributed by atoms with Crippen LogP contribution in [0.2, 0.25) is 0 Å². The Morgan fingerprint density at radius 3 is 2.59 bits per heavy atom. The molecule has 2 rings (SSSR count). The first-order chi connectivity index (χ1) is 9.77. The fourth-order valence-corrected chi connectivity index (χ4v) is 4.62. The van der Waals surface area contributed by atoms with Crippen LogP contribution in [-0.4, -0.2) is 50.2 Å². The number of carbonyl (C=O) groups excluding carboxylic acids is 1. The van der Waals surface area contributed by atoms with Gasteiger partial charge in [-0.1, -0.05) is 12.8 Å². The summed E-state index contributed by atoms with van der Waals surface area (Å²) in [4.78, 5) is 14.6. The van der Waals surface area contributed by atoms with Crippen molar-refractivity contribution in [2.45, 2.75) is 57.0 Å². The van der Waals surface area contributed by atoms with Gasteiger partial charge in [0.25, 0.3) is 0 Å². The first-order valence-electron chi connectivity index (χ1n) is 7.77. The van der Waals surface area contributed by atoms with Crippen molar-refractivity contribution >= 4 is 28.3 Å². The summed E-state index contributed by atoms with van der Waals surface area (Å²) < 4.78 is 25.8. The number of sulfonamides is 1. The van der Waals surface area contributed by atoms with E-state index in [2.05, 4.69) is 4.72 Å². The quantitative estimate of drug-likeness (QED) is 0.783. The highest BCUT2D eigenvalue weighted by molar-refractivity contribution is 7.89. The Kier molecular flexibility index (Phi) is 6.68. The predicted octanol–water partition coefficient (Wildman–Crippen LogP) is 0.856. The second-order valence-electron chi connectivity index (χ2n) is 6.62. The van der Waals surface area contributed by atoms with E-state index in [1.54, 1.807) is 4.90 Å². The van der Waals surface area contributed by atoms with Crippen LogP contribution in [0.1, 0.15) is 45.4 Å². The van der Waals surface area contributed by atoms with E-state index in [4.69, 9.17) is 5.73 Å². The molecule has 0 bridgehead atoms. The van der Waals surface area contributed by atoms with Crippen LogP contribution in [0.25, 0.3) is 0 Å². The lowest BCUT2D eigenvalue weighted by Crippen LogP contribution is -2.55. The number of rotatable bonds is 4. The van der Waals surface area contributed by atoms with Gasteiger partial charge in [-0.05, 0) is 39.7 Å². The van der Waals surface area contributed by atoms with E-state index >= 15 is 0 Å². The Labute approximate surface area is 139 Å². The molecule has 0 aromatic rings. The smallest absolute Gasteiger partial charge is 0.227 e. The van der Waals surface area contributed by atoms with Crippen molar-refractivity contribution in [3.8, 4) is 0 Å². The number of carbonyl (C=O) groups is 1. The van der Waals surface area contributed by atoms with Gasteiger partial charge in [0.1, 0.15) is 0 Å². The summed E-state index contributed by atoms with van der Waals surface area (Å²) in [5.74, 6) is -0.138.